The molecule has 1 amide bonds. The van der Waals surface area contributed by atoms with Gasteiger partial charge in [0.05, 0.1) is 16.9 Å². The second-order valence-corrected chi connectivity index (χ2v) is 10.6. The van der Waals surface area contributed by atoms with Crippen molar-refractivity contribution >= 4 is 62.1 Å². The minimum atomic E-state index is -3.87. The molecular weight excluding hydrogens is 504 g/mol. The Balaban J connectivity index is 0.00000456. The predicted molar refractivity (Wildman–Crippen MR) is 145 cm³/mol. The summed E-state index contributed by atoms with van der Waals surface area (Å²) in [6, 6.07) is 17.0. The van der Waals surface area contributed by atoms with Crippen LogP contribution >= 0.6 is 12.4 Å². The quantitative estimate of drug-likeness (QED) is 0.357. The molecule has 3 aromatic carbocycles. The molecule has 3 aromatic rings. The Morgan fingerprint density at radius 1 is 0.944 bits per heavy atom. The van der Waals surface area contributed by atoms with Gasteiger partial charge < -0.3 is 20.7 Å². The summed E-state index contributed by atoms with van der Waals surface area (Å²) in [5.41, 5.74) is 5.97. The van der Waals surface area contributed by atoms with Crippen LogP contribution < -0.4 is 20.7 Å². The van der Waals surface area contributed by atoms with E-state index in [1.807, 2.05) is 37.2 Å². The third kappa shape index (κ3) is 6.66. The molecule has 0 heterocycles. The highest BCUT2D eigenvalue weighted by Crippen LogP contribution is 2.31. The summed E-state index contributed by atoms with van der Waals surface area (Å²) in [7, 11) is -0.0639. The van der Waals surface area contributed by atoms with Gasteiger partial charge in [-0.2, -0.15) is 0 Å². The first-order valence-electron chi connectivity index (χ1n) is 10.9. The van der Waals surface area contributed by atoms with Crippen LogP contribution in [-0.4, -0.2) is 47.5 Å². The van der Waals surface area contributed by atoms with Crippen molar-refractivity contribution in [3.05, 3.63) is 60.7 Å². The highest BCUT2D eigenvalue weighted by atomic mass is 35.5. The molecule has 36 heavy (non-hydrogen) atoms. The molecule has 0 saturated carbocycles. The van der Waals surface area contributed by atoms with E-state index in [0.29, 0.717) is 16.8 Å². The van der Waals surface area contributed by atoms with Gasteiger partial charge in [-0.25, -0.2) is 8.42 Å². The molecule has 0 bridgehead atoms. The number of nitrogens with one attached hydrogen (secondary N) is 2. The summed E-state index contributed by atoms with van der Waals surface area (Å²) in [5, 5.41) is 4.19. The van der Waals surface area contributed by atoms with Gasteiger partial charge in [0.25, 0.3) is 10.0 Å². The summed E-state index contributed by atoms with van der Waals surface area (Å²) < 4.78 is 34.0. The molecule has 0 fully saturated rings. The maximum absolute atomic E-state index is 13.2. The topological polar surface area (TPSA) is 131 Å². The molecular formula is C25H31ClN4O5S. The summed E-state index contributed by atoms with van der Waals surface area (Å²) in [6.07, 6.45) is 0. The predicted octanol–water partition coefficient (Wildman–Crippen LogP) is 3.60. The van der Waals surface area contributed by atoms with Crippen molar-refractivity contribution < 1.29 is 22.7 Å². The van der Waals surface area contributed by atoms with Gasteiger partial charge in [0.15, 0.2) is 0 Å². The third-order valence-electron chi connectivity index (χ3n) is 5.40. The molecule has 0 atom stereocenters. The Morgan fingerprint density at radius 3 is 2.14 bits per heavy atom. The van der Waals surface area contributed by atoms with Crippen LogP contribution in [0.4, 0.5) is 17.1 Å². The molecule has 0 radical (unpaired) electrons. The molecule has 0 aromatic heterocycles. The number of hydrogen-bond donors (Lipinski definition) is 3. The van der Waals surface area contributed by atoms with Crippen LogP contribution in [0.3, 0.4) is 0 Å². The zero-order valence-electron chi connectivity index (χ0n) is 20.6. The number of carbonyl (C=O) groups is 2. The molecule has 194 valence electrons. The SMILES string of the molecule is CN(C)c1cccc2c(S(=O)(=O)Nc3ccc(NC(=O)C(C)(C)COC(=O)CN)cc3)cccc12.Cl. The number of sulfonamides is 1. The van der Waals surface area contributed by atoms with Gasteiger partial charge >= 0.3 is 5.97 Å². The van der Waals surface area contributed by atoms with E-state index >= 15 is 0 Å². The minimum absolute atomic E-state index is 0. The number of esters is 1. The van der Waals surface area contributed by atoms with E-state index in [1.165, 1.54) is 0 Å². The standard InChI is InChI=1S/C25H30N4O5S.ClH/c1-25(2,16-34-23(30)15-26)24(31)27-17-11-13-18(14-12-17)28-35(32,33)22-10-6-7-19-20(22)8-5-9-21(19)29(3)4;/h5-14,28H,15-16,26H2,1-4H3,(H,27,31);1H. The van der Waals surface area contributed by atoms with Gasteiger partial charge in [-0.1, -0.05) is 24.3 Å². The lowest BCUT2D eigenvalue weighted by molar-refractivity contribution is -0.146. The second-order valence-electron chi connectivity index (χ2n) is 8.91. The smallest absolute Gasteiger partial charge is 0.319 e. The monoisotopic (exact) mass is 534 g/mol. The summed E-state index contributed by atoms with van der Waals surface area (Å²) in [5.74, 6) is -0.949. The first-order valence-corrected chi connectivity index (χ1v) is 12.4. The Labute approximate surface area is 217 Å². The van der Waals surface area contributed by atoms with Crippen molar-refractivity contribution in [2.75, 3.05) is 42.2 Å². The summed E-state index contributed by atoms with van der Waals surface area (Å²) in [6.45, 7) is 2.90. The number of anilines is 3. The van der Waals surface area contributed by atoms with Crippen molar-refractivity contribution in [1.29, 1.82) is 0 Å². The zero-order chi connectivity index (χ0) is 25.8. The van der Waals surface area contributed by atoms with Crippen LogP contribution in [-0.2, 0) is 24.3 Å². The zero-order valence-corrected chi connectivity index (χ0v) is 22.2. The maximum atomic E-state index is 13.2. The van der Waals surface area contributed by atoms with E-state index in [4.69, 9.17) is 10.5 Å². The average molecular weight is 535 g/mol. The normalized spacial score (nSPS) is 11.4. The van der Waals surface area contributed by atoms with Gasteiger partial charge in [0.2, 0.25) is 5.91 Å². The number of carbonyl (C=O) groups excluding carboxylic acids is 2. The number of hydrogen-bond acceptors (Lipinski definition) is 7. The van der Waals surface area contributed by atoms with Gasteiger partial charge in [0.1, 0.15) is 6.61 Å². The number of amides is 1. The minimum Gasteiger partial charge on any atom is -0.464 e. The highest BCUT2D eigenvalue weighted by Gasteiger charge is 2.29. The fourth-order valence-electron chi connectivity index (χ4n) is 3.41. The number of nitrogens with two attached hydrogens (primary N) is 1. The molecule has 0 saturated heterocycles. The molecule has 9 nitrogen and oxygen atoms in total. The molecule has 0 aliphatic carbocycles. The average Bonchev–Trinajstić information content (AvgIpc) is 2.82. The van der Waals surface area contributed by atoms with Gasteiger partial charge in [-0.3, -0.25) is 14.3 Å². The van der Waals surface area contributed by atoms with Crippen molar-refractivity contribution in [1.82, 2.24) is 0 Å². The summed E-state index contributed by atoms with van der Waals surface area (Å²) >= 11 is 0. The second kappa shape index (κ2) is 11.6. The number of halogens is 1. The van der Waals surface area contributed by atoms with Crippen LogP contribution in [0.15, 0.2) is 65.6 Å². The van der Waals surface area contributed by atoms with E-state index in [2.05, 4.69) is 10.0 Å². The van der Waals surface area contributed by atoms with Crippen LogP contribution in [0.2, 0.25) is 0 Å². The molecule has 4 N–H and O–H groups in total. The lowest BCUT2D eigenvalue weighted by atomic mass is 9.93. The van der Waals surface area contributed by atoms with E-state index in [-0.39, 0.29) is 36.4 Å². The van der Waals surface area contributed by atoms with Gasteiger partial charge in [0, 0.05) is 41.9 Å². The van der Waals surface area contributed by atoms with E-state index in [1.54, 1.807) is 56.3 Å². The first-order chi connectivity index (χ1) is 16.4. The number of benzene rings is 3. The third-order valence-corrected chi connectivity index (χ3v) is 6.84. The fourth-order valence-corrected chi connectivity index (χ4v) is 4.69. The first kappa shape index (κ1) is 28.9. The number of nitrogens with zero attached hydrogens (tertiary/aromatic N) is 1. The van der Waals surface area contributed by atoms with Crippen molar-refractivity contribution in [3.63, 3.8) is 0 Å². The number of rotatable bonds is 9. The molecule has 0 unspecified atom stereocenters. The summed E-state index contributed by atoms with van der Waals surface area (Å²) in [4.78, 5) is 26.0. The maximum Gasteiger partial charge on any atom is 0.319 e. The van der Waals surface area contributed by atoms with Gasteiger partial charge in [-0.05, 0) is 50.2 Å². The van der Waals surface area contributed by atoms with Crippen molar-refractivity contribution in [2.45, 2.75) is 18.7 Å². The number of fused-ring (bicyclic) bond motifs is 1. The van der Waals surface area contributed by atoms with E-state index in [9.17, 15) is 18.0 Å². The fraction of sp³-hybridized carbons (Fsp3) is 0.280. The Bertz CT molecular complexity index is 1340. The van der Waals surface area contributed by atoms with Crippen LogP contribution in [0.5, 0.6) is 0 Å². The molecule has 3 rings (SSSR count). The van der Waals surface area contributed by atoms with Crippen LogP contribution in [0, 0.1) is 5.41 Å². The number of ether oxygens (including phenoxy) is 1. The van der Waals surface area contributed by atoms with Crippen molar-refractivity contribution in [2.24, 2.45) is 11.1 Å². The lowest BCUT2D eigenvalue weighted by Gasteiger charge is -2.23. The molecule has 0 aliphatic rings. The van der Waals surface area contributed by atoms with Crippen molar-refractivity contribution in [3.8, 4) is 0 Å². The lowest BCUT2D eigenvalue weighted by Crippen LogP contribution is -2.36. The van der Waals surface area contributed by atoms with E-state index in [0.717, 1.165) is 11.1 Å². The Hall–Kier alpha value is -3.34. The van der Waals surface area contributed by atoms with Gasteiger partial charge in [-0.15, -0.1) is 12.4 Å². The molecule has 11 heteroatoms. The van der Waals surface area contributed by atoms with Crippen LogP contribution in [0.25, 0.3) is 10.8 Å². The van der Waals surface area contributed by atoms with Crippen LogP contribution in [0.1, 0.15) is 13.8 Å². The molecule has 0 spiro atoms. The Morgan fingerprint density at radius 2 is 1.53 bits per heavy atom. The largest absolute Gasteiger partial charge is 0.464 e. The Kier molecular flexibility index (Phi) is 9.31. The highest BCUT2D eigenvalue weighted by molar-refractivity contribution is 7.93. The van der Waals surface area contributed by atoms with E-state index < -0.39 is 21.4 Å². The molecule has 0 aliphatic heterocycles.